The van der Waals surface area contributed by atoms with Gasteiger partial charge >= 0.3 is 11.8 Å². The van der Waals surface area contributed by atoms with Gasteiger partial charge in [0.05, 0.1) is 0 Å². The van der Waals surface area contributed by atoms with Crippen LogP contribution in [0.3, 0.4) is 0 Å². The van der Waals surface area contributed by atoms with Crippen LogP contribution in [0.2, 0.25) is 0 Å². The highest BCUT2D eigenvalue weighted by Crippen LogP contribution is 2.21. The molecule has 2 heterocycles. The van der Waals surface area contributed by atoms with Gasteiger partial charge in [0, 0.05) is 30.9 Å². The third-order valence-corrected chi connectivity index (χ3v) is 3.58. The average Bonchev–Trinajstić information content (AvgIpc) is 3.11. The van der Waals surface area contributed by atoms with Crippen molar-refractivity contribution in [3.05, 3.63) is 40.8 Å². The van der Waals surface area contributed by atoms with Crippen molar-refractivity contribution in [3.8, 4) is 0 Å². The van der Waals surface area contributed by atoms with Gasteiger partial charge in [0.2, 0.25) is 0 Å². The van der Waals surface area contributed by atoms with Crippen LogP contribution in [0.15, 0.2) is 36.0 Å². The molecular weight excluding hydrogens is 264 g/mol. The molecule has 0 aromatic carbocycles. The number of nitrogens with one attached hydrogen (secondary N) is 2. The van der Waals surface area contributed by atoms with E-state index in [-0.39, 0.29) is 6.04 Å². The number of hydrogen-bond donors (Lipinski definition) is 2. The van der Waals surface area contributed by atoms with Gasteiger partial charge in [-0.2, -0.15) is 5.10 Å². The van der Waals surface area contributed by atoms with Gasteiger partial charge in [-0.25, -0.2) is 0 Å². The average molecular weight is 278 g/mol. The maximum atomic E-state index is 11.5. The molecule has 0 aliphatic rings. The summed E-state index contributed by atoms with van der Waals surface area (Å²) in [5, 5.41) is 11.0. The maximum Gasteiger partial charge on any atom is 0.309 e. The molecule has 0 aliphatic heterocycles. The highest BCUT2D eigenvalue weighted by atomic mass is 32.1. The predicted octanol–water partition coefficient (Wildman–Crippen LogP) is 0.396. The van der Waals surface area contributed by atoms with Crippen molar-refractivity contribution in [2.45, 2.75) is 6.04 Å². The van der Waals surface area contributed by atoms with Crippen LogP contribution in [-0.4, -0.2) is 35.2 Å². The summed E-state index contributed by atoms with van der Waals surface area (Å²) in [7, 11) is 1.42. The highest BCUT2D eigenvalue weighted by molar-refractivity contribution is 7.10. The normalized spacial score (nSPS) is 11.8. The van der Waals surface area contributed by atoms with Gasteiger partial charge in [-0.05, 0) is 17.5 Å². The number of amides is 2. The molecule has 2 amide bonds. The van der Waals surface area contributed by atoms with Crippen LogP contribution >= 0.6 is 11.3 Å². The van der Waals surface area contributed by atoms with E-state index in [4.69, 9.17) is 0 Å². The summed E-state index contributed by atoms with van der Waals surface area (Å²) in [6.07, 6.45) is 3.51. The van der Waals surface area contributed by atoms with Crippen LogP contribution < -0.4 is 10.6 Å². The van der Waals surface area contributed by atoms with Crippen molar-refractivity contribution >= 4 is 23.2 Å². The van der Waals surface area contributed by atoms with E-state index >= 15 is 0 Å². The molecule has 7 heteroatoms. The molecule has 2 aromatic heterocycles. The number of carbonyl (C=O) groups is 2. The topological polar surface area (TPSA) is 76.0 Å². The van der Waals surface area contributed by atoms with Gasteiger partial charge in [0.15, 0.2) is 0 Å². The van der Waals surface area contributed by atoms with E-state index in [0.29, 0.717) is 6.54 Å². The Kier molecular flexibility index (Phi) is 4.30. The quantitative estimate of drug-likeness (QED) is 0.795. The second kappa shape index (κ2) is 6.14. The third-order valence-electron chi connectivity index (χ3n) is 2.61. The summed E-state index contributed by atoms with van der Waals surface area (Å²) in [5.74, 6) is -1.29. The molecule has 19 heavy (non-hydrogen) atoms. The number of hydrogen-bond acceptors (Lipinski definition) is 4. The second-order valence-electron chi connectivity index (χ2n) is 3.81. The van der Waals surface area contributed by atoms with Crippen molar-refractivity contribution < 1.29 is 9.59 Å². The van der Waals surface area contributed by atoms with Crippen molar-refractivity contribution in [2.75, 3.05) is 13.6 Å². The lowest BCUT2D eigenvalue weighted by atomic mass is 10.2. The number of carbonyl (C=O) groups excluding carboxylic acids is 2. The SMILES string of the molecule is CNC(=O)C(=O)NCC(c1cccs1)n1cccn1. The van der Waals surface area contributed by atoms with Crippen molar-refractivity contribution in [3.63, 3.8) is 0 Å². The maximum absolute atomic E-state index is 11.5. The minimum Gasteiger partial charge on any atom is -0.351 e. The van der Waals surface area contributed by atoms with Crippen molar-refractivity contribution in [1.29, 1.82) is 0 Å². The smallest absolute Gasteiger partial charge is 0.309 e. The first kappa shape index (κ1) is 13.3. The summed E-state index contributed by atoms with van der Waals surface area (Å²) in [5.41, 5.74) is 0. The van der Waals surface area contributed by atoms with Crippen LogP contribution in [0.25, 0.3) is 0 Å². The lowest BCUT2D eigenvalue weighted by Gasteiger charge is -2.16. The number of likely N-dealkylation sites (N-methyl/N-ethyl adjacent to an activating group) is 1. The predicted molar refractivity (Wildman–Crippen MR) is 71.8 cm³/mol. The zero-order valence-electron chi connectivity index (χ0n) is 10.4. The molecule has 2 N–H and O–H groups in total. The Morgan fingerprint density at radius 3 is 2.84 bits per heavy atom. The van der Waals surface area contributed by atoms with Gasteiger partial charge in [0.25, 0.3) is 0 Å². The number of rotatable bonds is 4. The van der Waals surface area contributed by atoms with E-state index < -0.39 is 11.8 Å². The monoisotopic (exact) mass is 278 g/mol. The van der Waals surface area contributed by atoms with Crippen molar-refractivity contribution in [2.24, 2.45) is 0 Å². The van der Waals surface area contributed by atoms with Crippen LogP contribution in [-0.2, 0) is 9.59 Å². The van der Waals surface area contributed by atoms with E-state index in [1.807, 2.05) is 29.8 Å². The van der Waals surface area contributed by atoms with Gasteiger partial charge in [-0.3, -0.25) is 14.3 Å². The minimum absolute atomic E-state index is 0.108. The molecule has 100 valence electrons. The second-order valence-corrected chi connectivity index (χ2v) is 4.79. The molecule has 0 radical (unpaired) electrons. The van der Waals surface area contributed by atoms with Crippen LogP contribution in [0.4, 0.5) is 0 Å². The fourth-order valence-corrected chi connectivity index (χ4v) is 2.47. The summed E-state index contributed by atoms with van der Waals surface area (Å²) in [4.78, 5) is 23.7. The fraction of sp³-hybridized carbons (Fsp3) is 0.250. The Labute approximate surface area is 114 Å². The summed E-state index contributed by atoms with van der Waals surface area (Å²) >= 11 is 1.58. The summed E-state index contributed by atoms with van der Waals surface area (Å²) in [6, 6.07) is 5.63. The Morgan fingerprint density at radius 2 is 2.26 bits per heavy atom. The molecule has 0 bridgehead atoms. The zero-order chi connectivity index (χ0) is 13.7. The Balaban J connectivity index is 2.08. The fourth-order valence-electron chi connectivity index (χ4n) is 1.65. The van der Waals surface area contributed by atoms with E-state index in [2.05, 4.69) is 15.7 Å². The van der Waals surface area contributed by atoms with E-state index in [0.717, 1.165) is 4.88 Å². The molecule has 0 saturated carbocycles. The van der Waals surface area contributed by atoms with E-state index in [9.17, 15) is 9.59 Å². The molecule has 2 aromatic rings. The summed E-state index contributed by atoms with van der Waals surface area (Å²) < 4.78 is 1.76. The molecule has 1 atom stereocenters. The Morgan fingerprint density at radius 1 is 1.42 bits per heavy atom. The summed E-state index contributed by atoms with van der Waals surface area (Å²) in [6.45, 7) is 0.314. The zero-order valence-corrected chi connectivity index (χ0v) is 11.2. The lowest BCUT2D eigenvalue weighted by molar-refractivity contribution is -0.138. The molecule has 0 aliphatic carbocycles. The first-order valence-corrected chi connectivity index (χ1v) is 6.62. The van der Waals surface area contributed by atoms with Crippen LogP contribution in [0.5, 0.6) is 0 Å². The first-order valence-electron chi connectivity index (χ1n) is 5.75. The van der Waals surface area contributed by atoms with Crippen LogP contribution in [0, 0.1) is 0 Å². The van der Waals surface area contributed by atoms with Crippen molar-refractivity contribution in [1.82, 2.24) is 20.4 Å². The minimum atomic E-state index is -0.648. The highest BCUT2D eigenvalue weighted by Gasteiger charge is 2.18. The molecule has 2 rings (SSSR count). The third kappa shape index (κ3) is 3.19. The molecule has 0 saturated heterocycles. The standard InChI is InChI=1S/C12H14N4O2S/c1-13-11(17)12(18)14-8-9(10-4-2-7-19-10)16-6-3-5-15-16/h2-7,9H,8H2,1H3,(H,13,17)(H,14,18). The Hall–Kier alpha value is -2.15. The van der Waals surface area contributed by atoms with Gasteiger partial charge in [0.1, 0.15) is 6.04 Å². The molecule has 1 unspecified atom stereocenters. The molecule has 0 fully saturated rings. The van der Waals surface area contributed by atoms with Gasteiger partial charge < -0.3 is 10.6 Å². The molecule has 6 nitrogen and oxygen atoms in total. The number of thiophene rings is 1. The van der Waals surface area contributed by atoms with Crippen LogP contribution in [0.1, 0.15) is 10.9 Å². The van der Waals surface area contributed by atoms with E-state index in [1.54, 1.807) is 22.2 Å². The molecule has 0 spiro atoms. The molecular formula is C12H14N4O2S. The van der Waals surface area contributed by atoms with Gasteiger partial charge in [-0.1, -0.05) is 6.07 Å². The lowest BCUT2D eigenvalue weighted by Crippen LogP contribution is -2.40. The number of nitrogens with zero attached hydrogens (tertiary/aromatic N) is 2. The van der Waals surface area contributed by atoms with Gasteiger partial charge in [-0.15, -0.1) is 11.3 Å². The Bertz CT molecular complexity index is 502. The van der Waals surface area contributed by atoms with E-state index in [1.165, 1.54) is 7.05 Å². The first-order chi connectivity index (χ1) is 9.22. The number of aromatic nitrogens is 2. The largest absolute Gasteiger partial charge is 0.351 e.